The first-order valence-electron chi connectivity index (χ1n) is 4.37. The van der Waals surface area contributed by atoms with Crippen molar-refractivity contribution in [3.8, 4) is 5.75 Å². The lowest BCUT2D eigenvalue weighted by molar-refractivity contribution is 0.112. The summed E-state index contributed by atoms with van der Waals surface area (Å²) in [7, 11) is 1.61. The van der Waals surface area contributed by atoms with E-state index < -0.39 is 0 Å². The third-order valence-electron chi connectivity index (χ3n) is 2.36. The molecular formula is C11H11NO2. The Morgan fingerprint density at radius 2 is 2.21 bits per heavy atom. The van der Waals surface area contributed by atoms with E-state index in [2.05, 4.69) is 4.98 Å². The van der Waals surface area contributed by atoms with Gasteiger partial charge in [-0.15, -0.1) is 0 Å². The second-order valence-corrected chi connectivity index (χ2v) is 3.20. The van der Waals surface area contributed by atoms with Crippen LogP contribution in [0.15, 0.2) is 18.3 Å². The van der Waals surface area contributed by atoms with Gasteiger partial charge in [0.15, 0.2) is 6.29 Å². The molecule has 14 heavy (non-hydrogen) atoms. The first-order chi connectivity index (χ1) is 6.77. The van der Waals surface area contributed by atoms with E-state index in [1.165, 1.54) is 0 Å². The number of H-pyrrole nitrogens is 1. The quantitative estimate of drug-likeness (QED) is 0.736. The maximum atomic E-state index is 10.8. The predicted octanol–water partition coefficient (Wildman–Crippen LogP) is 2.30. The molecule has 0 bridgehead atoms. The number of aromatic nitrogens is 1. The Balaban J connectivity index is 2.88. The van der Waals surface area contributed by atoms with Crippen molar-refractivity contribution in [2.45, 2.75) is 6.92 Å². The van der Waals surface area contributed by atoms with Crippen LogP contribution in [0, 0.1) is 6.92 Å². The number of hydrogen-bond acceptors (Lipinski definition) is 2. The zero-order valence-electron chi connectivity index (χ0n) is 8.13. The topological polar surface area (TPSA) is 42.1 Å². The molecule has 0 radical (unpaired) electrons. The maximum Gasteiger partial charge on any atom is 0.152 e. The van der Waals surface area contributed by atoms with E-state index in [0.29, 0.717) is 5.56 Å². The molecule has 0 aliphatic rings. The van der Waals surface area contributed by atoms with Gasteiger partial charge in [-0.05, 0) is 18.6 Å². The SMILES string of the molecule is COc1c(C)ccc2[nH]cc(C=O)c12. The zero-order valence-corrected chi connectivity index (χ0v) is 8.13. The Labute approximate surface area is 81.7 Å². The zero-order chi connectivity index (χ0) is 10.1. The minimum Gasteiger partial charge on any atom is -0.496 e. The van der Waals surface area contributed by atoms with Gasteiger partial charge in [-0.2, -0.15) is 0 Å². The van der Waals surface area contributed by atoms with Gasteiger partial charge in [0.2, 0.25) is 0 Å². The van der Waals surface area contributed by atoms with E-state index in [1.54, 1.807) is 13.3 Å². The average Bonchev–Trinajstić information content (AvgIpc) is 2.61. The van der Waals surface area contributed by atoms with E-state index in [1.807, 2.05) is 19.1 Å². The number of aldehydes is 1. The molecule has 0 saturated heterocycles. The van der Waals surface area contributed by atoms with Crippen molar-refractivity contribution in [3.63, 3.8) is 0 Å². The first kappa shape index (κ1) is 8.81. The predicted molar refractivity (Wildman–Crippen MR) is 55.0 cm³/mol. The monoisotopic (exact) mass is 189 g/mol. The molecule has 0 aliphatic heterocycles. The number of rotatable bonds is 2. The lowest BCUT2D eigenvalue weighted by Gasteiger charge is -2.05. The molecule has 2 aromatic rings. The van der Waals surface area contributed by atoms with Gasteiger partial charge in [-0.1, -0.05) is 6.07 Å². The van der Waals surface area contributed by atoms with Gasteiger partial charge in [0.05, 0.1) is 12.5 Å². The summed E-state index contributed by atoms with van der Waals surface area (Å²) in [5, 5.41) is 0.863. The highest BCUT2D eigenvalue weighted by molar-refractivity contribution is 6.01. The highest BCUT2D eigenvalue weighted by Gasteiger charge is 2.10. The van der Waals surface area contributed by atoms with Crippen LogP contribution in [0.3, 0.4) is 0 Å². The Kier molecular flexibility index (Phi) is 2.00. The molecule has 3 heteroatoms. The minimum atomic E-state index is 0.639. The standard InChI is InChI=1S/C11H11NO2/c1-7-3-4-9-10(11(7)14-2)8(6-13)5-12-9/h3-6,12H,1-2H3. The molecule has 1 aromatic carbocycles. The van der Waals surface area contributed by atoms with Crippen LogP contribution in [-0.2, 0) is 0 Å². The normalized spacial score (nSPS) is 10.4. The molecule has 1 heterocycles. The fourth-order valence-corrected chi connectivity index (χ4v) is 1.68. The summed E-state index contributed by atoms with van der Waals surface area (Å²) in [5.41, 5.74) is 2.60. The van der Waals surface area contributed by atoms with Gasteiger partial charge in [0.1, 0.15) is 5.75 Å². The van der Waals surface area contributed by atoms with Crippen LogP contribution in [0.1, 0.15) is 15.9 Å². The number of carbonyl (C=O) groups is 1. The van der Waals surface area contributed by atoms with Gasteiger partial charge >= 0.3 is 0 Å². The van der Waals surface area contributed by atoms with E-state index in [0.717, 1.165) is 28.5 Å². The smallest absolute Gasteiger partial charge is 0.152 e. The van der Waals surface area contributed by atoms with Crippen molar-refractivity contribution in [1.29, 1.82) is 0 Å². The van der Waals surface area contributed by atoms with Crippen molar-refractivity contribution in [2.24, 2.45) is 0 Å². The Hall–Kier alpha value is -1.77. The van der Waals surface area contributed by atoms with Gasteiger partial charge in [0.25, 0.3) is 0 Å². The van der Waals surface area contributed by atoms with E-state index in [9.17, 15) is 4.79 Å². The molecule has 0 fully saturated rings. The number of aromatic amines is 1. The van der Waals surface area contributed by atoms with E-state index in [4.69, 9.17) is 4.74 Å². The van der Waals surface area contributed by atoms with Crippen molar-refractivity contribution in [2.75, 3.05) is 7.11 Å². The summed E-state index contributed by atoms with van der Waals surface area (Å²) < 4.78 is 5.28. The number of nitrogens with one attached hydrogen (secondary N) is 1. The van der Waals surface area contributed by atoms with Crippen LogP contribution >= 0.6 is 0 Å². The Morgan fingerprint density at radius 1 is 1.43 bits per heavy atom. The summed E-state index contributed by atoms with van der Waals surface area (Å²) >= 11 is 0. The number of ether oxygens (including phenoxy) is 1. The lowest BCUT2D eigenvalue weighted by atomic mass is 10.1. The van der Waals surface area contributed by atoms with Gasteiger partial charge < -0.3 is 9.72 Å². The van der Waals surface area contributed by atoms with E-state index in [-0.39, 0.29) is 0 Å². The summed E-state index contributed by atoms with van der Waals surface area (Å²) in [6.07, 6.45) is 2.53. The number of fused-ring (bicyclic) bond motifs is 1. The van der Waals surface area contributed by atoms with Crippen molar-refractivity contribution < 1.29 is 9.53 Å². The highest BCUT2D eigenvalue weighted by Crippen LogP contribution is 2.30. The molecule has 0 unspecified atom stereocenters. The average molecular weight is 189 g/mol. The van der Waals surface area contributed by atoms with Crippen LogP contribution in [0.2, 0.25) is 0 Å². The van der Waals surface area contributed by atoms with E-state index >= 15 is 0 Å². The van der Waals surface area contributed by atoms with Crippen LogP contribution in [0.5, 0.6) is 5.75 Å². The van der Waals surface area contributed by atoms with Gasteiger partial charge in [0, 0.05) is 17.3 Å². The summed E-state index contributed by atoms with van der Waals surface area (Å²) in [4.78, 5) is 13.8. The van der Waals surface area contributed by atoms with Crippen LogP contribution in [0.25, 0.3) is 10.9 Å². The Morgan fingerprint density at radius 3 is 2.86 bits per heavy atom. The largest absolute Gasteiger partial charge is 0.496 e. The van der Waals surface area contributed by atoms with Crippen LogP contribution in [0.4, 0.5) is 0 Å². The fourth-order valence-electron chi connectivity index (χ4n) is 1.68. The molecule has 0 amide bonds. The molecule has 1 N–H and O–H groups in total. The third-order valence-corrected chi connectivity index (χ3v) is 2.36. The molecule has 0 spiro atoms. The molecule has 0 atom stereocenters. The Bertz CT molecular complexity index is 485. The van der Waals surface area contributed by atoms with Crippen LogP contribution < -0.4 is 4.74 Å². The molecular weight excluding hydrogens is 178 g/mol. The third kappa shape index (κ3) is 1.09. The van der Waals surface area contributed by atoms with Crippen molar-refractivity contribution in [1.82, 2.24) is 4.98 Å². The van der Waals surface area contributed by atoms with Crippen LogP contribution in [-0.4, -0.2) is 18.4 Å². The number of benzene rings is 1. The fraction of sp³-hybridized carbons (Fsp3) is 0.182. The summed E-state index contributed by atoms with van der Waals surface area (Å²) in [6, 6.07) is 3.91. The number of methoxy groups -OCH3 is 1. The van der Waals surface area contributed by atoms with Gasteiger partial charge in [-0.25, -0.2) is 0 Å². The molecule has 2 rings (SSSR count). The maximum absolute atomic E-state index is 10.8. The number of hydrogen-bond donors (Lipinski definition) is 1. The summed E-state index contributed by atoms with van der Waals surface area (Å²) in [5.74, 6) is 0.769. The van der Waals surface area contributed by atoms with Crippen molar-refractivity contribution >= 4 is 17.2 Å². The molecule has 0 saturated carbocycles. The summed E-state index contributed by atoms with van der Waals surface area (Å²) in [6.45, 7) is 1.96. The lowest BCUT2D eigenvalue weighted by Crippen LogP contribution is -1.89. The molecule has 1 aromatic heterocycles. The molecule has 3 nitrogen and oxygen atoms in total. The second kappa shape index (κ2) is 3.18. The van der Waals surface area contributed by atoms with Crippen molar-refractivity contribution in [3.05, 3.63) is 29.5 Å². The highest BCUT2D eigenvalue weighted by atomic mass is 16.5. The molecule has 72 valence electrons. The molecule has 0 aliphatic carbocycles. The second-order valence-electron chi connectivity index (χ2n) is 3.20. The van der Waals surface area contributed by atoms with Gasteiger partial charge in [-0.3, -0.25) is 4.79 Å². The minimum absolute atomic E-state index is 0.639. The number of carbonyl (C=O) groups excluding carboxylic acids is 1. The first-order valence-corrected chi connectivity index (χ1v) is 4.37. The number of aryl methyl sites for hydroxylation is 1.